The number of methoxy groups -OCH3 is 1. The molecule has 0 aromatic heterocycles. The monoisotopic (exact) mass is 363 g/mol. The first kappa shape index (κ1) is 19.2. The summed E-state index contributed by atoms with van der Waals surface area (Å²) >= 11 is 0. The third kappa shape index (κ3) is 3.76. The van der Waals surface area contributed by atoms with Crippen molar-refractivity contribution in [2.45, 2.75) is 18.9 Å². The van der Waals surface area contributed by atoms with Gasteiger partial charge in [-0.25, -0.2) is 4.79 Å². The predicted molar refractivity (Wildman–Crippen MR) is 90.5 cm³/mol. The lowest BCUT2D eigenvalue weighted by Crippen LogP contribution is -2.44. The Kier molecular flexibility index (Phi) is 5.49. The number of hydrogen-bond donors (Lipinski definition) is 2. The summed E-state index contributed by atoms with van der Waals surface area (Å²) in [4.78, 5) is 49.8. The number of carboxylic acid groups (broad SMARTS) is 1. The minimum atomic E-state index is -1.29. The number of carbonyl (C=O) groups excluding carboxylic acids is 3. The Morgan fingerprint density at radius 2 is 1.88 bits per heavy atom. The van der Waals surface area contributed by atoms with Gasteiger partial charge in [-0.2, -0.15) is 0 Å². The van der Waals surface area contributed by atoms with E-state index in [-0.39, 0.29) is 13.0 Å². The smallest absolute Gasteiger partial charge is 0.325 e. The van der Waals surface area contributed by atoms with Gasteiger partial charge >= 0.3 is 12.0 Å². The summed E-state index contributed by atoms with van der Waals surface area (Å²) in [5.74, 6) is -1.49. The first-order chi connectivity index (χ1) is 12.2. The molecule has 2 rings (SSSR count). The van der Waals surface area contributed by atoms with E-state index in [0.29, 0.717) is 11.3 Å². The Morgan fingerprint density at radius 1 is 1.27 bits per heavy atom. The standard InChI is InChI=1S/C17H21N3O6/c1-17(11-4-6-12(26-3)7-5-11)15(24)20(16(25)18-17)10-13(21)19(2)9-8-14(22)23/h4-7H,8-10H2,1-3H3,(H,18,25)(H,22,23). The molecular formula is C17H21N3O6. The Labute approximate surface area is 150 Å². The van der Waals surface area contributed by atoms with Gasteiger partial charge in [0.2, 0.25) is 5.91 Å². The van der Waals surface area contributed by atoms with Crippen LogP contribution in [0.3, 0.4) is 0 Å². The molecule has 1 saturated heterocycles. The molecule has 140 valence electrons. The molecule has 0 aliphatic carbocycles. The molecular weight excluding hydrogens is 342 g/mol. The van der Waals surface area contributed by atoms with E-state index in [9.17, 15) is 19.2 Å². The molecule has 1 atom stereocenters. The molecule has 4 amide bonds. The van der Waals surface area contributed by atoms with Gasteiger partial charge in [0.05, 0.1) is 13.5 Å². The van der Waals surface area contributed by atoms with Gasteiger partial charge in [0, 0.05) is 13.6 Å². The topological polar surface area (TPSA) is 116 Å². The zero-order valence-corrected chi connectivity index (χ0v) is 14.8. The Balaban J connectivity index is 2.12. The first-order valence-corrected chi connectivity index (χ1v) is 7.93. The Bertz CT molecular complexity index is 733. The van der Waals surface area contributed by atoms with Gasteiger partial charge < -0.3 is 20.1 Å². The van der Waals surface area contributed by atoms with Crippen molar-refractivity contribution in [1.82, 2.24) is 15.1 Å². The molecule has 1 unspecified atom stereocenters. The van der Waals surface area contributed by atoms with E-state index < -0.39 is 35.9 Å². The second-order valence-electron chi connectivity index (χ2n) is 6.13. The van der Waals surface area contributed by atoms with E-state index in [2.05, 4.69) is 5.32 Å². The fourth-order valence-electron chi connectivity index (χ4n) is 2.60. The number of rotatable bonds is 7. The molecule has 0 bridgehead atoms. The molecule has 1 aliphatic rings. The molecule has 1 aromatic carbocycles. The largest absolute Gasteiger partial charge is 0.497 e. The molecule has 1 aliphatic heterocycles. The van der Waals surface area contributed by atoms with Gasteiger partial charge in [0.15, 0.2) is 0 Å². The van der Waals surface area contributed by atoms with Crippen LogP contribution in [0.5, 0.6) is 5.75 Å². The predicted octanol–water partition coefficient (Wildman–Crippen LogP) is 0.395. The number of benzene rings is 1. The number of amides is 4. The van der Waals surface area contributed by atoms with Crippen LogP contribution in [0.1, 0.15) is 18.9 Å². The van der Waals surface area contributed by atoms with Crippen molar-refractivity contribution in [2.75, 3.05) is 27.2 Å². The summed E-state index contributed by atoms with van der Waals surface area (Å²) in [5, 5.41) is 11.3. The van der Waals surface area contributed by atoms with E-state index in [1.807, 2.05) is 0 Å². The number of carboxylic acids is 1. The van der Waals surface area contributed by atoms with Gasteiger partial charge in [-0.3, -0.25) is 19.3 Å². The SMILES string of the molecule is COc1ccc(C2(C)NC(=O)N(CC(=O)N(C)CCC(=O)O)C2=O)cc1. The lowest BCUT2D eigenvalue weighted by molar-refractivity contribution is -0.140. The van der Waals surface area contributed by atoms with Crippen molar-refractivity contribution in [3.05, 3.63) is 29.8 Å². The van der Waals surface area contributed by atoms with Gasteiger partial charge in [-0.05, 0) is 24.6 Å². The number of likely N-dealkylation sites (N-methyl/N-ethyl adjacent to an activating group) is 1. The Morgan fingerprint density at radius 3 is 2.42 bits per heavy atom. The van der Waals surface area contributed by atoms with Crippen molar-refractivity contribution in [1.29, 1.82) is 0 Å². The summed E-state index contributed by atoms with van der Waals surface area (Å²) in [6.07, 6.45) is -0.216. The molecule has 2 N–H and O–H groups in total. The molecule has 1 fully saturated rings. The average molecular weight is 363 g/mol. The maximum absolute atomic E-state index is 12.8. The quantitative estimate of drug-likeness (QED) is 0.677. The minimum absolute atomic E-state index is 0.00638. The zero-order valence-electron chi connectivity index (χ0n) is 14.8. The third-order valence-corrected chi connectivity index (χ3v) is 4.32. The lowest BCUT2D eigenvalue weighted by Gasteiger charge is -2.23. The molecule has 26 heavy (non-hydrogen) atoms. The summed E-state index contributed by atoms with van der Waals surface area (Å²) in [5.41, 5.74) is -0.727. The number of nitrogens with one attached hydrogen (secondary N) is 1. The van der Waals surface area contributed by atoms with E-state index in [0.717, 1.165) is 4.90 Å². The highest BCUT2D eigenvalue weighted by atomic mass is 16.5. The van der Waals surface area contributed by atoms with Crippen molar-refractivity contribution in [3.8, 4) is 5.75 Å². The molecule has 1 aromatic rings. The highest BCUT2D eigenvalue weighted by Gasteiger charge is 2.49. The van der Waals surface area contributed by atoms with Crippen molar-refractivity contribution >= 4 is 23.8 Å². The zero-order chi connectivity index (χ0) is 19.5. The summed E-state index contributed by atoms with van der Waals surface area (Å²) in [6, 6.07) is 6.01. The average Bonchev–Trinajstić information content (AvgIpc) is 2.83. The summed E-state index contributed by atoms with van der Waals surface area (Å²) < 4.78 is 5.08. The molecule has 9 nitrogen and oxygen atoms in total. The molecule has 1 heterocycles. The van der Waals surface area contributed by atoms with Crippen molar-refractivity contribution in [3.63, 3.8) is 0 Å². The van der Waals surface area contributed by atoms with Gasteiger partial charge in [0.25, 0.3) is 5.91 Å². The van der Waals surface area contributed by atoms with Crippen molar-refractivity contribution in [2.24, 2.45) is 0 Å². The second kappa shape index (κ2) is 7.42. The number of aliphatic carboxylic acids is 1. The number of imide groups is 1. The minimum Gasteiger partial charge on any atom is -0.497 e. The van der Waals surface area contributed by atoms with Crippen LogP contribution < -0.4 is 10.1 Å². The highest BCUT2D eigenvalue weighted by Crippen LogP contribution is 2.29. The van der Waals surface area contributed by atoms with Crippen LogP contribution >= 0.6 is 0 Å². The molecule has 0 radical (unpaired) electrons. The van der Waals surface area contributed by atoms with Gasteiger partial charge in [-0.15, -0.1) is 0 Å². The normalized spacial score (nSPS) is 19.3. The summed E-state index contributed by atoms with van der Waals surface area (Å²) in [7, 11) is 2.94. The lowest BCUT2D eigenvalue weighted by atomic mass is 9.92. The number of carbonyl (C=O) groups is 4. The van der Waals surface area contributed by atoms with Gasteiger partial charge in [-0.1, -0.05) is 12.1 Å². The third-order valence-electron chi connectivity index (χ3n) is 4.32. The highest BCUT2D eigenvalue weighted by molar-refractivity contribution is 6.09. The number of nitrogens with zero attached hydrogens (tertiary/aromatic N) is 2. The number of hydrogen-bond acceptors (Lipinski definition) is 5. The Hall–Kier alpha value is -3.10. The van der Waals surface area contributed by atoms with Crippen LogP contribution in [0.25, 0.3) is 0 Å². The molecule has 0 spiro atoms. The maximum atomic E-state index is 12.8. The van der Waals surface area contributed by atoms with Crippen LogP contribution in [-0.4, -0.2) is 66.0 Å². The molecule has 0 saturated carbocycles. The van der Waals surface area contributed by atoms with Crippen LogP contribution in [-0.2, 0) is 19.9 Å². The maximum Gasteiger partial charge on any atom is 0.325 e. The van der Waals surface area contributed by atoms with Crippen LogP contribution in [0.15, 0.2) is 24.3 Å². The van der Waals surface area contributed by atoms with E-state index >= 15 is 0 Å². The second-order valence-corrected chi connectivity index (χ2v) is 6.13. The van der Waals surface area contributed by atoms with Crippen LogP contribution in [0.2, 0.25) is 0 Å². The van der Waals surface area contributed by atoms with E-state index in [1.54, 1.807) is 31.2 Å². The fraction of sp³-hybridized carbons (Fsp3) is 0.412. The number of ether oxygens (including phenoxy) is 1. The van der Waals surface area contributed by atoms with E-state index in [1.165, 1.54) is 19.1 Å². The van der Waals surface area contributed by atoms with Gasteiger partial charge in [0.1, 0.15) is 17.8 Å². The first-order valence-electron chi connectivity index (χ1n) is 7.93. The van der Waals surface area contributed by atoms with Crippen LogP contribution in [0, 0.1) is 0 Å². The van der Waals surface area contributed by atoms with Crippen LogP contribution in [0.4, 0.5) is 4.79 Å². The summed E-state index contributed by atoms with van der Waals surface area (Å²) in [6.45, 7) is 1.10. The molecule has 9 heteroatoms. The van der Waals surface area contributed by atoms with Crippen molar-refractivity contribution < 1.29 is 29.0 Å². The fourth-order valence-corrected chi connectivity index (χ4v) is 2.60. The number of urea groups is 1. The van der Waals surface area contributed by atoms with E-state index in [4.69, 9.17) is 9.84 Å².